The van der Waals surface area contributed by atoms with Gasteiger partial charge in [-0.05, 0) is 65.0 Å². The van der Waals surface area contributed by atoms with E-state index in [-0.39, 0.29) is 0 Å². The van der Waals surface area contributed by atoms with Gasteiger partial charge in [0.05, 0.1) is 0 Å². The lowest BCUT2D eigenvalue weighted by molar-refractivity contribution is 0.605. The molecule has 4 nitrogen and oxygen atoms in total. The van der Waals surface area contributed by atoms with Crippen molar-refractivity contribution < 1.29 is 0 Å². The zero-order chi connectivity index (χ0) is 14.7. The summed E-state index contributed by atoms with van der Waals surface area (Å²) in [6.45, 7) is 13.0. The van der Waals surface area contributed by atoms with Crippen LogP contribution >= 0.6 is 0 Å². The molecule has 0 aliphatic rings. The summed E-state index contributed by atoms with van der Waals surface area (Å²) >= 11 is 0. The number of unbranched alkanes of at least 4 members (excludes halogenated alkanes) is 2. The zero-order valence-corrected chi connectivity index (χ0v) is 13.6. The first kappa shape index (κ1) is 19.6. The molecule has 0 saturated carbocycles. The Kier molecular flexibility index (Phi) is 18.2. The topological polar surface area (TPSA) is 48.1 Å². The Hall–Kier alpha value is -0.420. The van der Waals surface area contributed by atoms with E-state index in [0.29, 0.717) is 0 Å². The highest BCUT2D eigenvalue weighted by atomic mass is 14.9. The van der Waals surface area contributed by atoms with E-state index < -0.39 is 0 Å². The first-order valence-electron chi connectivity index (χ1n) is 8.39. The molecular formula is C16H36N4. The predicted molar refractivity (Wildman–Crippen MR) is 90.4 cm³/mol. The molecule has 4 heteroatoms. The van der Waals surface area contributed by atoms with E-state index in [1.807, 2.05) is 0 Å². The minimum absolute atomic E-state index is 0.989. The lowest BCUT2D eigenvalue weighted by Crippen LogP contribution is -2.20. The molecular weight excluding hydrogens is 248 g/mol. The van der Waals surface area contributed by atoms with Gasteiger partial charge in [-0.3, -0.25) is 0 Å². The maximum absolute atomic E-state index is 3.44. The molecule has 0 spiro atoms. The summed E-state index contributed by atoms with van der Waals surface area (Å²) in [5.41, 5.74) is 0. The molecule has 0 aliphatic carbocycles. The first-order valence-corrected chi connectivity index (χ1v) is 8.39. The molecule has 0 heterocycles. The maximum Gasteiger partial charge on any atom is 0.0135 e. The van der Waals surface area contributed by atoms with Crippen LogP contribution in [0.5, 0.6) is 0 Å². The second kappa shape index (κ2) is 18.6. The van der Waals surface area contributed by atoms with Gasteiger partial charge in [-0.15, -0.1) is 0 Å². The van der Waals surface area contributed by atoms with E-state index in [4.69, 9.17) is 0 Å². The van der Waals surface area contributed by atoms with Gasteiger partial charge in [0.2, 0.25) is 0 Å². The number of hydrogen-bond donors (Lipinski definition) is 4. The largest absolute Gasteiger partial charge is 0.317 e. The van der Waals surface area contributed by atoms with Gasteiger partial charge in [-0.25, -0.2) is 0 Å². The highest BCUT2D eigenvalue weighted by Gasteiger charge is 1.88. The molecule has 0 unspecified atom stereocenters. The minimum Gasteiger partial charge on any atom is -0.317 e. The molecule has 0 aromatic carbocycles. The SMILES string of the molecule is CCNCCCCNC/C=C\CNCCCCNCC. The van der Waals surface area contributed by atoms with Crippen molar-refractivity contribution in [1.29, 1.82) is 0 Å². The average Bonchev–Trinajstić information content (AvgIpc) is 2.47. The second-order valence-electron chi connectivity index (χ2n) is 5.00. The summed E-state index contributed by atoms with van der Waals surface area (Å²) in [6.07, 6.45) is 9.47. The molecule has 0 atom stereocenters. The van der Waals surface area contributed by atoms with Gasteiger partial charge in [0, 0.05) is 13.1 Å². The number of hydrogen-bond acceptors (Lipinski definition) is 4. The molecule has 0 aromatic rings. The van der Waals surface area contributed by atoms with Crippen molar-refractivity contribution in [1.82, 2.24) is 21.3 Å². The highest BCUT2D eigenvalue weighted by Crippen LogP contribution is 1.85. The van der Waals surface area contributed by atoms with Crippen LogP contribution in [0, 0.1) is 0 Å². The van der Waals surface area contributed by atoms with Crippen molar-refractivity contribution in [3.63, 3.8) is 0 Å². The molecule has 0 bridgehead atoms. The van der Waals surface area contributed by atoms with Crippen LogP contribution < -0.4 is 21.3 Å². The predicted octanol–water partition coefficient (Wildman–Crippen LogP) is 1.50. The normalized spacial score (nSPS) is 11.5. The fraction of sp³-hybridized carbons (Fsp3) is 0.875. The van der Waals surface area contributed by atoms with E-state index in [9.17, 15) is 0 Å². The standard InChI is InChI=1S/C16H36N4/c1-3-17-11-5-7-13-19-15-9-10-16-20-14-8-6-12-18-4-2/h9-10,17-20H,3-8,11-16H2,1-2H3/b10-9-. The number of nitrogens with one attached hydrogen (secondary N) is 4. The Morgan fingerprint density at radius 3 is 1.25 bits per heavy atom. The Balaban J connectivity index is 3.01. The molecule has 0 aliphatic heterocycles. The third kappa shape index (κ3) is 17.6. The van der Waals surface area contributed by atoms with Gasteiger partial charge in [0.1, 0.15) is 0 Å². The molecule has 0 rings (SSSR count). The Morgan fingerprint density at radius 2 is 0.900 bits per heavy atom. The fourth-order valence-corrected chi connectivity index (χ4v) is 1.89. The van der Waals surface area contributed by atoms with Crippen molar-refractivity contribution in [2.24, 2.45) is 0 Å². The molecule has 120 valence electrons. The second-order valence-corrected chi connectivity index (χ2v) is 5.00. The van der Waals surface area contributed by atoms with Crippen LogP contribution in [0.25, 0.3) is 0 Å². The van der Waals surface area contributed by atoms with Crippen LogP contribution in [-0.2, 0) is 0 Å². The quantitative estimate of drug-likeness (QED) is 0.256. The summed E-state index contributed by atoms with van der Waals surface area (Å²) in [5, 5.41) is 13.6. The minimum atomic E-state index is 0.989. The van der Waals surface area contributed by atoms with E-state index in [1.54, 1.807) is 0 Å². The van der Waals surface area contributed by atoms with E-state index in [2.05, 4.69) is 47.3 Å². The smallest absolute Gasteiger partial charge is 0.0135 e. The van der Waals surface area contributed by atoms with Gasteiger partial charge < -0.3 is 21.3 Å². The van der Waals surface area contributed by atoms with E-state index >= 15 is 0 Å². The van der Waals surface area contributed by atoms with Gasteiger partial charge in [0.25, 0.3) is 0 Å². The lowest BCUT2D eigenvalue weighted by atomic mass is 10.3. The van der Waals surface area contributed by atoms with Crippen LogP contribution in [0.15, 0.2) is 12.2 Å². The third-order valence-corrected chi connectivity index (χ3v) is 3.11. The third-order valence-electron chi connectivity index (χ3n) is 3.11. The summed E-state index contributed by atoms with van der Waals surface area (Å²) in [4.78, 5) is 0. The summed E-state index contributed by atoms with van der Waals surface area (Å²) in [7, 11) is 0. The van der Waals surface area contributed by atoms with Gasteiger partial charge in [-0.2, -0.15) is 0 Å². The van der Waals surface area contributed by atoms with Crippen molar-refractivity contribution in [3.05, 3.63) is 12.2 Å². The molecule has 0 aromatic heterocycles. The number of rotatable bonds is 16. The monoisotopic (exact) mass is 284 g/mol. The molecule has 0 amide bonds. The van der Waals surface area contributed by atoms with Crippen molar-refractivity contribution in [2.75, 3.05) is 52.4 Å². The zero-order valence-electron chi connectivity index (χ0n) is 13.6. The van der Waals surface area contributed by atoms with Crippen LogP contribution in [0.2, 0.25) is 0 Å². The van der Waals surface area contributed by atoms with Gasteiger partial charge >= 0.3 is 0 Å². The summed E-state index contributed by atoms with van der Waals surface area (Å²) < 4.78 is 0. The summed E-state index contributed by atoms with van der Waals surface area (Å²) in [5.74, 6) is 0. The summed E-state index contributed by atoms with van der Waals surface area (Å²) in [6, 6.07) is 0. The molecule has 0 radical (unpaired) electrons. The van der Waals surface area contributed by atoms with E-state index in [0.717, 1.165) is 52.4 Å². The Labute approximate surface area is 126 Å². The Morgan fingerprint density at radius 1 is 0.550 bits per heavy atom. The van der Waals surface area contributed by atoms with Gasteiger partial charge in [-0.1, -0.05) is 26.0 Å². The van der Waals surface area contributed by atoms with Crippen LogP contribution in [0.4, 0.5) is 0 Å². The highest BCUT2D eigenvalue weighted by molar-refractivity contribution is 4.85. The molecule has 0 fully saturated rings. The average molecular weight is 284 g/mol. The van der Waals surface area contributed by atoms with Crippen LogP contribution in [0.1, 0.15) is 39.5 Å². The molecule has 0 saturated heterocycles. The first-order chi connectivity index (χ1) is 9.91. The Bertz CT molecular complexity index is 175. The van der Waals surface area contributed by atoms with Crippen molar-refractivity contribution in [3.8, 4) is 0 Å². The van der Waals surface area contributed by atoms with Crippen molar-refractivity contribution >= 4 is 0 Å². The van der Waals surface area contributed by atoms with E-state index in [1.165, 1.54) is 25.7 Å². The maximum atomic E-state index is 3.44. The van der Waals surface area contributed by atoms with Crippen molar-refractivity contribution in [2.45, 2.75) is 39.5 Å². The van der Waals surface area contributed by atoms with Crippen LogP contribution in [-0.4, -0.2) is 52.4 Å². The van der Waals surface area contributed by atoms with Gasteiger partial charge in [0.15, 0.2) is 0 Å². The molecule has 4 N–H and O–H groups in total. The lowest BCUT2D eigenvalue weighted by Gasteiger charge is -2.03. The van der Waals surface area contributed by atoms with Crippen LogP contribution in [0.3, 0.4) is 0 Å². The fourth-order valence-electron chi connectivity index (χ4n) is 1.89. The molecule has 20 heavy (non-hydrogen) atoms.